The van der Waals surface area contributed by atoms with Crippen LogP contribution in [0.5, 0.6) is 0 Å². The van der Waals surface area contributed by atoms with Gasteiger partial charge in [-0.1, -0.05) is 6.07 Å². The van der Waals surface area contributed by atoms with Gasteiger partial charge in [0.2, 0.25) is 0 Å². The summed E-state index contributed by atoms with van der Waals surface area (Å²) < 4.78 is 4.89. The van der Waals surface area contributed by atoms with Gasteiger partial charge in [-0.3, -0.25) is 4.79 Å². The minimum atomic E-state index is -0.214. The third kappa shape index (κ3) is 4.18. The highest BCUT2D eigenvalue weighted by Crippen LogP contribution is 2.28. The molecule has 0 bridgehead atoms. The fourth-order valence-electron chi connectivity index (χ4n) is 1.73. The number of esters is 1. The van der Waals surface area contributed by atoms with Gasteiger partial charge in [0.15, 0.2) is 0 Å². The monoisotopic (exact) mass is 278 g/mol. The summed E-state index contributed by atoms with van der Waals surface area (Å²) in [5.74, 6) is -0.214. The van der Waals surface area contributed by atoms with E-state index in [0.717, 1.165) is 10.6 Å². The van der Waals surface area contributed by atoms with E-state index >= 15 is 0 Å². The quantitative estimate of drug-likeness (QED) is 0.591. The summed E-state index contributed by atoms with van der Waals surface area (Å²) in [7, 11) is 1.87. The van der Waals surface area contributed by atoms with Crippen molar-refractivity contribution in [2.24, 2.45) is 0 Å². The Morgan fingerprint density at radius 1 is 1.53 bits per heavy atom. The number of carbonyl (C=O) groups excluding carboxylic acids is 1. The second-order valence-corrected chi connectivity index (χ2v) is 4.79. The van der Waals surface area contributed by atoms with Crippen LogP contribution in [0.2, 0.25) is 0 Å². The zero-order valence-corrected chi connectivity index (χ0v) is 12.3. The Morgan fingerprint density at radius 3 is 2.84 bits per heavy atom. The first-order valence-electron chi connectivity index (χ1n) is 6.07. The van der Waals surface area contributed by atoms with E-state index in [2.05, 4.69) is 6.07 Å². The third-order valence-electron chi connectivity index (χ3n) is 2.70. The van der Waals surface area contributed by atoms with Crippen LogP contribution in [0.1, 0.15) is 18.9 Å². The molecule has 0 N–H and O–H groups in total. The fourth-order valence-corrected chi connectivity index (χ4v) is 2.30. The van der Waals surface area contributed by atoms with Crippen LogP contribution in [-0.2, 0) is 9.53 Å². The number of hydrogen-bond acceptors (Lipinski definition) is 5. The van der Waals surface area contributed by atoms with Gasteiger partial charge in [-0.05, 0) is 25.3 Å². The lowest BCUT2D eigenvalue weighted by atomic mass is 10.1. The van der Waals surface area contributed by atoms with Crippen molar-refractivity contribution in [3.8, 4) is 6.07 Å². The number of nitrogens with zero attached hydrogens (tertiary/aromatic N) is 2. The largest absolute Gasteiger partial charge is 0.466 e. The molecule has 0 aliphatic carbocycles. The zero-order valence-electron chi connectivity index (χ0n) is 11.5. The summed E-state index contributed by atoms with van der Waals surface area (Å²) in [5, 5.41) is 9.26. The molecule has 1 aromatic rings. The minimum absolute atomic E-state index is 0.214. The normalized spacial score (nSPS) is 9.79. The summed E-state index contributed by atoms with van der Waals surface area (Å²) >= 11 is 1.54. The fraction of sp³-hybridized carbons (Fsp3) is 0.429. The lowest BCUT2D eigenvalue weighted by molar-refractivity contribution is -0.142. The molecule has 0 atom stereocenters. The third-order valence-corrected chi connectivity index (χ3v) is 3.48. The number of benzene rings is 1. The molecule has 19 heavy (non-hydrogen) atoms. The van der Waals surface area contributed by atoms with Crippen LogP contribution in [0.4, 0.5) is 5.69 Å². The van der Waals surface area contributed by atoms with Gasteiger partial charge in [0, 0.05) is 18.5 Å². The van der Waals surface area contributed by atoms with Crippen molar-refractivity contribution >= 4 is 23.4 Å². The van der Waals surface area contributed by atoms with Crippen LogP contribution in [0.3, 0.4) is 0 Å². The average molecular weight is 278 g/mol. The average Bonchev–Trinajstić information content (AvgIpc) is 2.44. The molecule has 0 fully saturated rings. The molecule has 1 aromatic carbocycles. The Hall–Kier alpha value is -1.67. The second kappa shape index (κ2) is 7.70. The van der Waals surface area contributed by atoms with Crippen LogP contribution >= 0.6 is 11.8 Å². The second-order valence-electron chi connectivity index (χ2n) is 3.94. The lowest BCUT2D eigenvalue weighted by Gasteiger charge is -2.21. The van der Waals surface area contributed by atoms with Crippen LogP contribution in [0, 0.1) is 11.3 Å². The van der Waals surface area contributed by atoms with E-state index in [1.165, 1.54) is 0 Å². The maximum absolute atomic E-state index is 11.3. The van der Waals surface area contributed by atoms with Crippen LogP contribution in [0.15, 0.2) is 23.1 Å². The van der Waals surface area contributed by atoms with Crippen molar-refractivity contribution in [3.63, 3.8) is 0 Å². The minimum Gasteiger partial charge on any atom is -0.466 e. The number of anilines is 1. The molecule has 0 aliphatic rings. The van der Waals surface area contributed by atoms with Crippen LogP contribution in [-0.4, -0.2) is 32.4 Å². The summed E-state index contributed by atoms with van der Waals surface area (Å²) in [6.45, 7) is 2.72. The predicted molar refractivity (Wildman–Crippen MR) is 77.5 cm³/mol. The summed E-state index contributed by atoms with van der Waals surface area (Å²) in [4.78, 5) is 14.2. The van der Waals surface area contributed by atoms with Gasteiger partial charge >= 0.3 is 5.97 Å². The Balaban J connectivity index is 2.80. The van der Waals surface area contributed by atoms with E-state index in [1.807, 2.05) is 36.4 Å². The number of carbonyl (C=O) groups is 1. The van der Waals surface area contributed by atoms with Crippen molar-refractivity contribution in [2.45, 2.75) is 18.2 Å². The molecule has 1 rings (SSSR count). The summed E-state index contributed by atoms with van der Waals surface area (Å²) in [6.07, 6.45) is 2.26. The molecule has 0 spiro atoms. The molecule has 0 radical (unpaired) electrons. The molecule has 0 aromatic heterocycles. The van der Waals surface area contributed by atoms with E-state index in [-0.39, 0.29) is 5.97 Å². The van der Waals surface area contributed by atoms with E-state index in [9.17, 15) is 10.1 Å². The Morgan fingerprint density at radius 2 is 2.26 bits per heavy atom. The highest BCUT2D eigenvalue weighted by atomic mass is 32.2. The van der Waals surface area contributed by atoms with E-state index in [4.69, 9.17) is 4.74 Å². The summed E-state index contributed by atoms with van der Waals surface area (Å²) in [5.41, 5.74) is 1.50. The number of thioether (sulfide) groups is 1. The van der Waals surface area contributed by atoms with Gasteiger partial charge in [0.25, 0.3) is 0 Å². The molecule has 0 amide bonds. The molecule has 0 aliphatic heterocycles. The first-order valence-corrected chi connectivity index (χ1v) is 7.30. The number of rotatable bonds is 6. The van der Waals surface area contributed by atoms with Crippen molar-refractivity contribution in [1.82, 2.24) is 0 Å². The molecule has 0 saturated carbocycles. The molecule has 102 valence electrons. The smallest absolute Gasteiger partial charge is 0.307 e. The Labute approximate surface area is 118 Å². The number of ether oxygens (including phenoxy) is 1. The van der Waals surface area contributed by atoms with Crippen LogP contribution < -0.4 is 4.90 Å². The van der Waals surface area contributed by atoms with E-state index < -0.39 is 0 Å². The van der Waals surface area contributed by atoms with Crippen LogP contribution in [0.25, 0.3) is 0 Å². The molecule has 0 heterocycles. The zero-order chi connectivity index (χ0) is 14.3. The van der Waals surface area contributed by atoms with Gasteiger partial charge < -0.3 is 9.64 Å². The molecule has 0 unspecified atom stereocenters. The Bertz CT molecular complexity index is 483. The van der Waals surface area contributed by atoms with Crippen molar-refractivity contribution < 1.29 is 9.53 Å². The molecule has 4 nitrogen and oxygen atoms in total. The number of nitriles is 1. The van der Waals surface area contributed by atoms with Gasteiger partial charge in [-0.25, -0.2) is 0 Å². The van der Waals surface area contributed by atoms with Gasteiger partial charge in [-0.15, -0.1) is 11.8 Å². The predicted octanol–water partition coefficient (Wildman–Crippen LogP) is 2.67. The van der Waals surface area contributed by atoms with E-state index in [0.29, 0.717) is 25.1 Å². The van der Waals surface area contributed by atoms with Gasteiger partial charge in [0.05, 0.1) is 24.3 Å². The first-order chi connectivity index (χ1) is 9.13. The first kappa shape index (κ1) is 15.4. The van der Waals surface area contributed by atoms with Crippen molar-refractivity contribution in [2.75, 3.05) is 31.4 Å². The SMILES string of the molecule is CCOC(=O)CCN(C)c1cccc(SC)c1C#N. The molecule has 0 saturated heterocycles. The van der Waals surface area contributed by atoms with Gasteiger partial charge in [-0.2, -0.15) is 5.26 Å². The Kier molecular flexibility index (Phi) is 6.23. The topological polar surface area (TPSA) is 53.3 Å². The van der Waals surface area contributed by atoms with Crippen molar-refractivity contribution in [1.29, 1.82) is 5.26 Å². The maximum atomic E-state index is 11.3. The highest BCUT2D eigenvalue weighted by molar-refractivity contribution is 7.98. The standard InChI is InChI=1S/C14H18N2O2S/c1-4-18-14(17)8-9-16(2)12-6-5-7-13(19-3)11(12)10-15/h5-7H,4,8-9H2,1-3H3. The summed E-state index contributed by atoms with van der Waals surface area (Å²) in [6, 6.07) is 7.96. The molecular formula is C14H18N2O2S. The highest BCUT2D eigenvalue weighted by Gasteiger charge is 2.12. The number of hydrogen-bond donors (Lipinski definition) is 0. The molecule has 5 heteroatoms. The van der Waals surface area contributed by atoms with Crippen molar-refractivity contribution in [3.05, 3.63) is 23.8 Å². The van der Waals surface area contributed by atoms with E-state index in [1.54, 1.807) is 18.7 Å². The maximum Gasteiger partial charge on any atom is 0.307 e. The molecular weight excluding hydrogens is 260 g/mol. The lowest BCUT2D eigenvalue weighted by Crippen LogP contribution is -2.23. The van der Waals surface area contributed by atoms with Gasteiger partial charge in [0.1, 0.15) is 6.07 Å².